The van der Waals surface area contributed by atoms with Crippen molar-refractivity contribution in [2.24, 2.45) is 7.05 Å². The van der Waals surface area contributed by atoms with Crippen LogP contribution >= 0.6 is 0 Å². The average Bonchev–Trinajstić information content (AvgIpc) is 2.82. The second kappa shape index (κ2) is 7.09. The van der Waals surface area contributed by atoms with E-state index in [0.717, 1.165) is 25.3 Å². The number of amides is 1. The predicted octanol–water partition coefficient (Wildman–Crippen LogP) is 4.34. The molecule has 4 nitrogen and oxygen atoms in total. The number of aromatic nitrogens is 2. The maximum atomic E-state index is 14.1. The van der Waals surface area contributed by atoms with E-state index in [-0.39, 0.29) is 5.56 Å². The van der Waals surface area contributed by atoms with Crippen molar-refractivity contribution in [3.8, 4) is 0 Å². The van der Waals surface area contributed by atoms with E-state index >= 15 is 0 Å². The third-order valence-electron chi connectivity index (χ3n) is 4.67. The minimum absolute atomic E-state index is 0.0717. The minimum Gasteiger partial charge on any atom is -0.330 e. The molecule has 0 radical (unpaired) electrons. The van der Waals surface area contributed by atoms with E-state index in [9.17, 15) is 22.4 Å². The molecule has 2 aromatic rings. The topological polar surface area (TPSA) is 38.1 Å². The highest BCUT2D eigenvalue weighted by molar-refractivity contribution is 5.94. The molecule has 1 atom stereocenters. The van der Waals surface area contributed by atoms with Crippen LogP contribution in [0.25, 0.3) is 0 Å². The van der Waals surface area contributed by atoms with Gasteiger partial charge in [0.2, 0.25) is 0 Å². The van der Waals surface area contributed by atoms with E-state index < -0.39 is 29.6 Å². The standard InChI is InChI=1S/C18H19F4N3O/c1-24-15(11-16(23-24)18(20,21)22)14-9-3-2-6-10-25(14)17(26)12-7-4-5-8-13(12)19/h4-5,7-8,11,14H,2-3,6,9-10H2,1H3/t14-/m0/s1. The Bertz CT molecular complexity index is 800. The molecule has 1 saturated heterocycles. The molecular weight excluding hydrogens is 350 g/mol. The van der Waals surface area contributed by atoms with Crippen molar-refractivity contribution < 1.29 is 22.4 Å². The summed E-state index contributed by atoms with van der Waals surface area (Å²) < 4.78 is 54.2. The van der Waals surface area contributed by atoms with Crippen molar-refractivity contribution in [3.05, 3.63) is 53.1 Å². The number of nitrogens with zero attached hydrogens (tertiary/aromatic N) is 3. The van der Waals surface area contributed by atoms with Crippen LogP contribution in [0.3, 0.4) is 0 Å². The summed E-state index contributed by atoms with van der Waals surface area (Å²) >= 11 is 0. The lowest BCUT2D eigenvalue weighted by molar-refractivity contribution is -0.141. The zero-order valence-corrected chi connectivity index (χ0v) is 14.3. The van der Waals surface area contributed by atoms with Gasteiger partial charge in [-0.15, -0.1) is 0 Å². The van der Waals surface area contributed by atoms with Crippen LogP contribution in [-0.4, -0.2) is 27.1 Å². The molecule has 1 fully saturated rings. The average molecular weight is 369 g/mol. The second-order valence-electron chi connectivity index (χ2n) is 6.42. The summed E-state index contributed by atoms with van der Waals surface area (Å²) in [7, 11) is 1.43. The zero-order chi connectivity index (χ0) is 18.9. The van der Waals surface area contributed by atoms with Gasteiger partial charge in [0.15, 0.2) is 5.69 Å². The summed E-state index contributed by atoms with van der Waals surface area (Å²) in [6.45, 7) is 0.365. The fourth-order valence-corrected chi connectivity index (χ4v) is 3.38. The highest BCUT2D eigenvalue weighted by Gasteiger charge is 2.37. The van der Waals surface area contributed by atoms with Crippen molar-refractivity contribution in [3.63, 3.8) is 0 Å². The molecule has 1 aromatic carbocycles. The van der Waals surface area contributed by atoms with Gasteiger partial charge in [0.05, 0.1) is 17.3 Å². The minimum atomic E-state index is -4.55. The molecular formula is C18H19F4N3O. The Hall–Kier alpha value is -2.38. The van der Waals surface area contributed by atoms with Crippen LogP contribution in [0.2, 0.25) is 0 Å². The van der Waals surface area contributed by atoms with Crippen LogP contribution < -0.4 is 0 Å². The van der Waals surface area contributed by atoms with E-state index in [1.165, 1.54) is 34.8 Å². The molecule has 1 aliphatic heterocycles. The number of aryl methyl sites for hydroxylation is 1. The summed E-state index contributed by atoms with van der Waals surface area (Å²) in [5, 5.41) is 3.55. The van der Waals surface area contributed by atoms with Gasteiger partial charge >= 0.3 is 6.18 Å². The van der Waals surface area contributed by atoms with Crippen LogP contribution in [0.1, 0.15) is 53.5 Å². The van der Waals surface area contributed by atoms with E-state index in [1.807, 2.05) is 0 Å². The van der Waals surface area contributed by atoms with Gasteiger partial charge in [-0.3, -0.25) is 9.48 Å². The number of carbonyl (C=O) groups excluding carboxylic acids is 1. The summed E-state index contributed by atoms with van der Waals surface area (Å²) in [6, 6.07) is 6.06. The number of hydrogen-bond acceptors (Lipinski definition) is 2. The van der Waals surface area contributed by atoms with E-state index in [0.29, 0.717) is 18.7 Å². The third kappa shape index (κ3) is 3.59. The maximum absolute atomic E-state index is 14.1. The first-order valence-electron chi connectivity index (χ1n) is 8.45. The number of rotatable bonds is 2. The van der Waals surface area contributed by atoms with Gasteiger partial charge in [-0.25, -0.2) is 4.39 Å². The van der Waals surface area contributed by atoms with E-state index in [2.05, 4.69) is 5.10 Å². The van der Waals surface area contributed by atoms with Crippen LogP contribution in [0.5, 0.6) is 0 Å². The molecule has 0 spiro atoms. The molecule has 1 aliphatic rings. The van der Waals surface area contributed by atoms with Crippen molar-refractivity contribution in [1.29, 1.82) is 0 Å². The first kappa shape index (κ1) is 18.4. The summed E-state index contributed by atoms with van der Waals surface area (Å²) in [5.74, 6) is -1.15. The summed E-state index contributed by atoms with van der Waals surface area (Å²) in [6.07, 6.45) is -1.68. The number of carbonyl (C=O) groups is 1. The Kier molecular flexibility index (Phi) is 5.02. The largest absolute Gasteiger partial charge is 0.435 e. The van der Waals surface area contributed by atoms with Crippen molar-refractivity contribution in [2.75, 3.05) is 6.54 Å². The molecule has 0 N–H and O–H groups in total. The first-order valence-corrected chi connectivity index (χ1v) is 8.45. The summed E-state index contributed by atoms with van der Waals surface area (Å²) in [4.78, 5) is 14.4. The number of benzene rings is 1. The Morgan fingerprint density at radius 2 is 1.92 bits per heavy atom. The lowest BCUT2D eigenvalue weighted by Gasteiger charge is -2.30. The number of hydrogen-bond donors (Lipinski definition) is 0. The van der Waals surface area contributed by atoms with Gasteiger partial charge in [-0.05, 0) is 31.0 Å². The molecule has 2 heterocycles. The van der Waals surface area contributed by atoms with Gasteiger partial charge in [-0.2, -0.15) is 18.3 Å². The molecule has 8 heteroatoms. The first-order chi connectivity index (χ1) is 12.3. The monoisotopic (exact) mass is 369 g/mol. The number of alkyl halides is 3. The summed E-state index contributed by atoms with van der Waals surface area (Å²) in [5.41, 5.74) is -0.751. The Labute approximate surface area is 148 Å². The van der Waals surface area contributed by atoms with Crippen molar-refractivity contribution in [2.45, 2.75) is 37.9 Å². The van der Waals surface area contributed by atoms with Gasteiger partial charge in [0, 0.05) is 13.6 Å². The fraction of sp³-hybridized carbons (Fsp3) is 0.444. The Morgan fingerprint density at radius 3 is 2.58 bits per heavy atom. The van der Waals surface area contributed by atoms with Crippen LogP contribution in [0, 0.1) is 5.82 Å². The Balaban J connectivity index is 1.99. The molecule has 0 saturated carbocycles. The molecule has 3 rings (SSSR count). The van der Waals surface area contributed by atoms with Gasteiger partial charge in [0.1, 0.15) is 5.82 Å². The molecule has 0 bridgehead atoms. The van der Waals surface area contributed by atoms with Crippen LogP contribution in [-0.2, 0) is 13.2 Å². The predicted molar refractivity (Wildman–Crippen MR) is 86.9 cm³/mol. The molecule has 1 amide bonds. The number of likely N-dealkylation sites (tertiary alicyclic amines) is 1. The van der Waals surface area contributed by atoms with Gasteiger partial charge in [-0.1, -0.05) is 25.0 Å². The van der Waals surface area contributed by atoms with Crippen LogP contribution in [0.15, 0.2) is 30.3 Å². The van der Waals surface area contributed by atoms with Crippen LogP contribution in [0.4, 0.5) is 17.6 Å². The zero-order valence-electron chi connectivity index (χ0n) is 14.3. The maximum Gasteiger partial charge on any atom is 0.435 e. The highest BCUT2D eigenvalue weighted by Crippen LogP contribution is 2.35. The van der Waals surface area contributed by atoms with E-state index in [4.69, 9.17) is 0 Å². The van der Waals surface area contributed by atoms with Crippen molar-refractivity contribution in [1.82, 2.24) is 14.7 Å². The normalized spacial score (nSPS) is 18.7. The smallest absolute Gasteiger partial charge is 0.330 e. The van der Waals surface area contributed by atoms with E-state index in [1.54, 1.807) is 6.07 Å². The third-order valence-corrected chi connectivity index (χ3v) is 4.67. The fourth-order valence-electron chi connectivity index (χ4n) is 3.38. The van der Waals surface area contributed by atoms with Gasteiger partial charge in [0.25, 0.3) is 5.91 Å². The second-order valence-corrected chi connectivity index (χ2v) is 6.42. The molecule has 26 heavy (non-hydrogen) atoms. The SMILES string of the molecule is Cn1nc(C(F)(F)F)cc1[C@@H]1CCCCCN1C(=O)c1ccccc1F. The highest BCUT2D eigenvalue weighted by atomic mass is 19.4. The number of halogens is 4. The quantitative estimate of drug-likeness (QED) is 0.739. The van der Waals surface area contributed by atoms with Crippen molar-refractivity contribution >= 4 is 5.91 Å². The molecule has 0 unspecified atom stereocenters. The lowest BCUT2D eigenvalue weighted by Crippen LogP contribution is -2.36. The lowest BCUT2D eigenvalue weighted by atomic mass is 10.0. The van der Waals surface area contributed by atoms with Gasteiger partial charge < -0.3 is 4.90 Å². The molecule has 1 aromatic heterocycles. The molecule has 0 aliphatic carbocycles. The molecule has 140 valence electrons. The Morgan fingerprint density at radius 1 is 1.19 bits per heavy atom.